The fourth-order valence-electron chi connectivity index (χ4n) is 2.78. The van der Waals surface area contributed by atoms with Gasteiger partial charge in [-0.2, -0.15) is 13.2 Å². The smallest absolute Gasteiger partial charge is 0.396 e. The number of rotatable bonds is 4. The number of alkyl halides is 3. The number of nitrogen functional groups attached to an aromatic ring is 1. The minimum atomic E-state index is -4.45. The van der Waals surface area contributed by atoms with E-state index in [-0.39, 0.29) is 23.7 Å². The van der Waals surface area contributed by atoms with Gasteiger partial charge >= 0.3 is 6.18 Å². The molecule has 0 atom stereocenters. The zero-order chi connectivity index (χ0) is 15.5. The zero-order valence-corrected chi connectivity index (χ0v) is 11.7. The fourth-order valence-corrected chi connectivity index (χ4v) is 2.78. The van der Waals surface area contributed by atoms with Gasteiger partial charge in [0.05, 0.1) is 12.2 Å². The first-order valence-electron chi connectivity index (χ1n) is 7.04. The van der Waals surface area contributed by atoms with E-state index in [2.05, 4.69) is 10.3 Å². The van der Waals surface area contributed by atoms with Gasteiger partial charge < -0.3 is 16.2 Å². The van der Waals surface area contributed by atoms with Crippen LogP contribution in [-0.2, 0) is 6.18 Å². The van der Waals surface area contributed by atoms with E-state index in [0.717, 1.165) is 44.2 Å². The van der Waals surface area contributed by atoms with Crippen molar-refractivity contribution in [3.05, 3.63) is 17.7 Å². The average Bonchev–Trinajstić information content (AvgIpc) is 2.45. The van der Waals surface area contributed by atoms with Crippen molar-refractivity contribution in [2.24, 2.45) is 5.41 Å². The van der Waals surface area contributed by atoms with Crippen molar-refractivity contribution < 1.29 is 18.3 Å². The molecule has 1 aliphatic carbocycles. The second-order valence-electron chi connectivity index (χ2n) is 5.74. The third-order valence-electron chi connectivity index (χ3n) is 4.07. The SMILES string of the molecule is Nc1cc(C(F)(F)F)cc(NCC2(CO)CCCCC2)n1. The van der Waals surface area contributed by atoms with E-state index in [0.29, 0.717) is 6.54 Å². The van der Waals surface area contributed by atoms with Gasteiger partial charge in [-0.15, -0.1) is 0 Å². The summed E-state index contributed by atoms with van der Waals surface area (Å²) < 4.78 is 38.2. The number of hydrogen-bond acceptors (Lipinski definition) is 4. The highest BCUT2D eigenvalue weighted by atomic mass is 19.4. The Balaban J connectivity index is 2.10. The predicted molar refractivity (Wildman–Crippen MR) is 74.7 cm³/mol. The second kappa shape index (κ2) is 6.09. The Bertz CT molecular complexity index is 485. The maximum atomic E-state index is 12.7. The molecule has 118 valence electrons. The molecule has 2 rings (SSSR count). The number of hydrogen-bond donors (Lipinski definition) is 3. The van der Waals surface area contributed by atoms with Crippen molar-refractivity contribution >= 4 is 11.6 Å². The molecule has 1 aliphatic rings. The molecule has 0 radical (unpaired) electrons. The monoisotopic (exact) mass is 303 g/mol. The highest BCUT2D eigenvalue weighted by Gasteiger charge is 2.33. The van der Waals surface area contributed by atoms with Crippen LogP contribution < -0.4 is 11.1 Å². The molecule has 1 aromatic rings. The number of aromatic nitrogens is 1. The van der Waals surface area contributed by atoms with E-state index in [9.17, 15) is 18.3 Å². The number of aliphatic hydroxyl groups is 1. The Kier molecular flexibility index (Phi) is 4.61. The van der Waals surface area contributed by atoms with E-state index < -0.39 is 11.7 Å². The lowest BCUT2D eigenvalue weighted by Crippen LogP contribution is -2.35. The van der Waals surface area contributed by atoms with Crippen LogP contribution in [0.5, 0.6) is 0 Å². The first-order valence-corrected chi connectivity index (χ1v) is 7.04. The Morgan fingerprint density at radius 1 is 1.24 bits per heavy atom. The molecule has 1 saturated carbocycles. The molecule has 0 bridgehead atoms. The van der Waals surface area contributed by atoms with Gasteiger partial charge in [-0.05, 0) is 25.0 Å². The van der Waals surface area contributed by atoms with Crippen molar-refractivity contribution in [1.29, 1.82) is 0 Å². The van der Waals surface area contributed by atoms with Crippen LogP contribution >= 0.6 is 0 Å². The molecule has 1 heterocycles. The third-order valence-corrected chi connectivity index (χ3v) is 4.07. The molecule has 0 spiro atoms. The maximum Gasteiger partial charge on any atom is 0.416 e. The molecular weight excluding hydrogens is 283 g/mol. The molecule has 0 amide bonds. The standard InChI is InChI=1S/C14H20F3N3O/c15-14(16,17)10-6-11(18)20-12(7-10)19-8-13(9-21)4-2-1-3-5-13/h6-7,21H,1-5,8-9H2,(H3,18,19,20). The normalized spacial score (nSPS) is 18.5. The first kappa shape index (κ1) is 15.9. The maximum absolute atomic E-state index is 12.7. The topological polar surface area (TPSA) is 71.2 Å². The van der Waals surface area contributed by atoms with Crippen LogP contribution in [0.15, 0.2) is 12.1 Å². The quantitative estimate of drug-likeness (QED) is 0.799. The first-order chi connectivity index (χ1) is 9.85. The number of anilines is 2. The van der Waals surface area contributed by atoms with Crippen molar-refractivity contribution in [3.8, 4) is 0 Å². The Morgan fingerprint density at radius 3 is 2.48 bits per heavy atom. The molecule has 0 saturated heterocycles. The Hall–Kier alpha value is -1.50. The van der Waals surface area contributed by atoms with Gasteiger partial charge in [-0.1, -0.05) is 19.3 Å². The third kappa shape index (κ3) is 4.00. The summed E-state index contributed by atoms with van der Waals surface area (Å²) in [6.45, 7) is 0.422. The minimum Gasteiger partial charge on any atom is -0.396 e. The fraction of sp³-hybridized carbons (Fsp3) is 0.643. The molecule has 0 unspecified atom stereocenters. The molecule has 7 heteroatoms. The molecule has 21 heavy (non-hydrogen) atoms. The van der Waals surface area contributed by atoms with E-state index in [1.54, 1.807) is 0 Å². The van der Waals surface area contributed by atoms with Crippen LogP contribution in [0.3, 0.4) is 0 Å². The second-order valence-corrected chi connectivity index (χ2v) is 5.74. The van der Waals surface area contributed by atoms with Gasteiger partial charge in [-0.3, -0.25) is 0 Å². The summed E-state index contributed by atoms with van der Waals surface area (Å²) in [5, 5.41) is 12.5. The van der Waals surface area contributed by atoms with Crippen LogP contribution in [0.1, 0.15) is 37.7 Å². The van der Waals surface area contributed by atoms with E-state index in [1.165, 1.54) is 0 Å². The number of halogens is 3. The van der Waals surface area contributed by atoms with Crippen molar-refractivity contribution in [2.45, 2.75) is 38.3 Å². The summed E-state index contributed by atoms with van der Waals surface area (Å²) >= 11 is 0. The van der Waals surface area contributed by atoms with Crippen molar-refractivity contribution in [3.63, 3.8) is 0 Å². The van der Waals surface area contributed by atoms with E-state index in [4.69, 9.17) is 5.73 Å². The van der Waals surface area contributed by atoms with Crippen LogP contribution in [0.25, 0.3) is 0 Å². The van der Waals surface area contributed by atoms with Gasteiger partial charge in [-0.25, -0.2) is 4.98 Å². The van der Waals surface area contributed by atoms with E-state index >= 15 is 0 Å². The van der Waals surface area contributed by atoms with Crippen molar-refractivity contribution in [2.75, 3.05) is 24.2 Å². The molecule has 1 fully saturated rings. The van der Waals surface area contributed by atoms with Crippen molar-refractivity contribution in [1.82, 2.24) is 4.98 Å². The number of pyridine rings is 1. The molecule has 0 aliphatic heterocycles. The lowest BCUT2D eigenvalue weighted by atomic mass is 9.74. The average molecular weight is 303 g/mol. The lowest BCUT2D eigenvalue weighted by molar-refractivity contribution is -0.137. The molecule has 4 N–H and O–H groups in total. The zero-order valence-electron chi connectivity index (χ0n) is 11.7. The van der Waals surface area contributed by atoms with Crippen LogP contribution in [-0.4, -0.2) is 23.2 Å². The highest BCUT2D eigenvalue weighted by molar-refractivity contribution is 5.47. The summed E-state index contributed by atoms with van der Waals surface area (Å²) in [5.41, 5.74) is 4.33. The lowest BCUT2D eigenvalue weighted by Gasteiger charge is -2.35. The van der Waals surface area contributed by atoms with Gasteiger partial charge in [0, 0.05) is 12.0 Å². The van der Waals surface area contributed by atoms with Crippen LogP contribution in [0, 0.1) is 5.41 Å². The molecule has 1 aromatic heterocycles. The molecule has 0 aromatic carbocycles. The van der Waals surface area contributed by atoms with Gasteiger partial charge in [0.25, 0.3) is 0 Å². The molecular formula is C14H20F3N3O. The van der Waals surface area contributed by atoms with E-state index in [1.807, 2.05) is 0 Å². The van der Waals surface area contributed by atoms with Gasteiger partial charge in [0.15, 0.2) is 0 Å². The predicted octanol–water partition coefficient (Wildman–Crippen LogP) is 3.04. The number of nitrogens with two attached hydrogens (primary N) is 1. The van der Waals surface area contributed by atoms with Crippen LogP contribution in [0.4, 0.5) is 24.8 Å². The molecule has 4 nitrogen and oxygen atoms in total. The number of nitrogens with one attached hydrogen (secondary N) is 1. The number of aliphatic hydroxyl groups excluding tert-OH is 1. The summed E-state index contributed by atoms with van der Waals surface area (Å²) in [4.78, 5) is 3.88. The largest absolute Gasteiger partial charge is 0.416 e. The van der Waals surface area contributed by atoms with Gasteiger partial charge in [0.2, 0.25) is 0 Å². The number of nitrogens with zero attached hydrogens (tertiary/aromatic N) is 1. The summed E-state index contributed by atoms with van der Waals surface area (Å²) in [6, 6.07) is 1.76. The Morgan fingerprint density at radius 2 is 1.90 bits per heavy atom. The minimum absolute atomic E-state index is 0.0223. The highest BCUT2D eigenvalue weighted by Crippen LogP contribution is 2.36. The van der Waals surface area contributed by atoms with Crippen LogP contribution in [0.2, 0.25) is 0 Å². The Labute approximate surface area is 121 Å². The summed E-state index contributed by atoms with van der Waals surface area (Å²) in [6.07, 6.45) is 0.472. The summed E-state index contributed by atoms with van der Waals surface area (Å²) in [5.74, 6) is -0.0743. The summed E-state index contributed by atoms with van der Waals surface area (Å²) in [7, 11) is 0. The van der Waals surface area contributed by atoms with Gasteiger partial charge in [0.1, 0.15) is 11.6 Å².